The molecule has 3 rings (SSSR count). The van der Waals surface area contributed by atoms with Crippen molar-refractivity contribution in [2.24, 2.45) is 12.8 Å². The number of ketones is 1. The SMILES string of the molecule is C[C@@H](Sc1nnc(CCC(N)=O)n1C)C(=O)c1c[nH]c2ccccc12. The number of rotatable bonds is 7. The maximum absolute atomic E-state index is 12.8. The number of para-hydroxylation sites is 1. The second-order valence-electron chi connectivity index (χ2n) is 5.80. The van der Waals surface area contributed by atoms with Crippen LogP contribution in [0.4, 0.5) is 0 Å². The number of H-pyrrole nitrogens is 1. The first-order valence-electron chi connectivity index (χ1n) is 7.91. The molecule has 2 aromatic heterocycles. The van der Waals surface area contributed by atoms with Gasteiger partial charge in [-0.15, -0.1) is 10.2 Å². The Balaban J connectivity index is 1.75. The maximum atomic E-state index is 12.8. The van der Waals surface area contributed by atoms with E-state index in [-0.39, 0.29) is 23.4 Å². The highest BCUT2D eigenvalue weighted by molar-refractivity contribution is 8.00. The van der Waals surface area contributed by atoms with Gasteiger partial charge in [0.25, 0.3) is 0 Å². The monoisotopic (exact) mass is 357 g/mol. The topological polar surface area (TPSA) is 107 Å². The first-order chi connectivity index (χ1) is 12.0. The van der Waals surface area contributed by atoms with Crippen LogP contribution in [0.15, 0.2) is 35.6 Å². The number of thioether (sulfide) groups is 1. The molecule has 2 heterocycles. The smallest absolute Gasteiger partial charge is 0.217 e. The summed E-state index contributed by atoms with van der Waals surface area (Å²) >= 11 is 1.35. The van der Waals surface area contributed by atoms with Crippen molar-refractivity contribution in [2.75, 3.05) is 0 Å². The van der Waals surface area contributed by atoms with Crippen LogP contribution in [-0.2, 0) is 18.3 Å². The van der Waals surface area contributed by atoms with Crippen LogP contribution in [-0.4, -0.2) is 36.7 Å². The van der Waals surface area contributed by atoms with E-state index < -0.39 is 0 Å². The Kier molecular flexibility index (Phi) is 4.89. The van der Waals surface area contributed by atoms with Gasteiger partial charge >= 0.3 is 0 Å². The Morgan fingerprint density at radius 3 is 2.84 bits per heavy atom. The third-order valence-corrected chi connectivity index (χ3v) is 5.16. The van der Waals surface area contributed by atoms with E-state index in [1.165, 1.54) is 11.8 Å². The quantitative estimate of drug-likeness (QED) is 0.497. The molecule has 0 radical (unpaired) electrons. The summed E-state index contributed by atoms with van der Waals surface area (Å²) in [5, 5.41) is 9.45. The number of nitrogens with one attached hydrogen (secondary N) is 1. The van der Waals surface area contributed by atoms with Crippen molar-refractivity contribution >= 4 is 34.4 Å². The summed E-state index contributed by atoms with van der Waals surface area (Å²) in [5.74, 6) is 0.331. The summed E-state index contributed by atoms with van der Waals surface area (Å²) in [6.45, 7) is 1.85. The number of benzene rings is 1. The van der Waals surface area contributed by atoms with E-state index in [9.17, 15) is 9.59 Å². The van der Waals surface area contributed by atoms with E-state index in [0.29, 0.717) is 23.0 Å². The largest absolute Gasteiger partial charge is 0.370 e. The minimum Gasteiger partial charge on any atom is -0.370 e. The molecule has 130 valence electrons. The predicted octanol–water partition coefficient (Wildman–Crippen LogP) is 2.08. The van der Waals surface area contributed by atoms with Gasteiger partial charge in [0.15, 0.2) is 10.9 Å². The zero-order chi connectivity index (χ0) is 18.0. The Morgan fingerprint density at radius 2 is 2.08 bits per heavy atom. The van der Waals surface area contributed by atoms with Crippen LogP contribution in [0, 0.1) is 0 Å². The number of carbonyl (C=O) groups excluding carboxylic acids is 2. The number of amides is 1. The summed E-state index contributed by atoms with van der Waals surface area (Å²) in [5.41, 5.74) is 6.78. The number of fused-ring (bicyclic) bond motifs is 1. The molecule has 0 aliphatic rings. The second-order valence-corrected chi connectivity index (χ2v) is 7.10. The zero-order valence-corrected chi connectivity index (χ0v) is 14.8. The minimum atomic E-state index is -0.375. The molecule has 25 heavy (non-hydrogen) atoms. The van der Waals surface area contributed by atoms with Crippen molar-refractivity contribution in [2.45, 2.75) is 30.2 Å². The number of primary amides is 1. The molecular formula is C17H19N5O2S. The van der Waals surface area contributed by atoms with Crippen molar-refractivity contribution in [1.82, 2.24) is 19.7 Å². The van der Waals surface area contributed by atoms with Gasteiger partial charge in [-0.05, 0) is 13.0 Å². The van der Waals surface area contributed by atoms with Crippen molar-refractivity contribution in [3.8, 4) is 0 Å². The number of aryl methyl sites for hydroxylation is 1. The molecule has 0 aliphatic carbocycles. The lowest BCUT2D eigenvalue weighted by Gasteiger charge is -2.09. The van der Waals surface area contributed by atoms with Gasteiger partial charge in [-0.25, -0.2) is 0 Å². The van der Waals surface area contributed by atoms with Gasteiger partial charge in [0.05, 0.1) is 5.25 Å². The third kappa shape index (κ3) is 3.58. The van der Waals surface area contributed by atoms with E-state index in [1.54, 1.807) is 10.8 Å². The molecule has 7 nitrogen and oxygen atoms in total. The number of aromatic nitrogens is 4. The molecule has 8 heteroatoms. The van der Waals surface area contributed by atoms with Crippen LogP contribution in [0.3, 0.4) is 0 Å². The molecule has 0 saturated heterocycles. The van der Waals surface area contributed by atoms with Crippen LogP contribution in [0.1, 0.15) is 29.5 Å². The number of Topliss-reactive ketones (excluding diaryl/α,β-unsaturated/α-hetero) is 1. The zero-order valence-electron chi connectivity index (χ0n) is 14.0. The van der Waals surface area contributed by atoms with Gasteiger partial charge in [0.1, 0.15) is 5.82 Å². The lowest BCUT2D eigenvalue weighted by atomic mass is 10.1. The van der Waals surface area contributed by atoms with Crippen LogP contribution >= 0.6 is 11.8 Å². The summed E-state index contributed by atoms with van der Waals surface area (Å²) in [6, 6.07) is 7.72. The molecule has 1 aromatic carbocycles. The fourth-order valence-electron chi connectivity index (χ4n) is 2.61. The summed E-state index contributed by atoms with van der Waals surface area (Å²) < 4.78 is 1.80. The van der Waals surface area contributed by atoms with E-state index >= 15 is 0 Å². The minimum absolute atomic E-state index is 0.0316. The lowest BCUT2D eigenvalue weighted by molar-refractivity contribution is -0.118. The Labute approximate surface area is 149 Å². The standard InChI is InChI=1S/C17H19N5O2S/c1-10(16(24)12-9-19-13-6-4-3-5-11(12)13)25-17-21-20-15(22(17)2)8-7-14(18)23/h3-6,9-10,19H,7-8H2,1-2H3,(H2,18,23)/t10-/m1/s1. The summed E-state index contributed by atoms with van der Waals surface area (Å²) in [6.07, 6.45) is 2.41. The highest BCUT2D eigenvalue weighted by atomic mass is 32.2. The number of nitrogens with two attached hydrogens (primary N) is 1. The molecule has 0 spiro atoms. The Hall–Kier alpha value is -2.61. The number of nitrogens with zero attached hydrogens (tertiary/aromatic N) is 3. The van der Waals surface area contributed by atoms with Crippen molar-refractivity contribution in [1.29, 1.82) is 0 Å². The van der Waals surface area contributed by atoms with Crippen molar-refractivity contribution in [3.63, 3.8) is 0 Å². The van der Waals surface area contributed by atoms with Gasteiger partial charge in [-0.3, -0.25) is 9.59 Å². The van der Waals surface area contributed by atoms with Crippen LogP contribution in [0.5, 0.6) is 0 Å². The normalized spacial score (nSPS) is 12.4. The number of carbonyl (C=O) groups is 2. The summed E-state index contributed by atoms with van der Waals surface area (Å²) in [4.78, 5) is 26.8. The van der Waals surface area contributed by atoms with E-state index in [1.807, 2.05) is 38.2 Å². The third-order valence-electron chi connectivity index (χ3n) is 4.03. The van der Waals surface area contributed by atoms with Gasteiger partial charge in [0.2, 0.25) is 5.91 Å². The summed E-state index contributed by atoms with van der Waals surface area (Å²) in [7, 11) is 1.82. The van der Waals surface area contributed by atoms with Crippen molar-refractivity contribution < 1.29 is 9.59 Å². The molecule has 0 fully saturated rings. The first-order valence-corrected chi connectivity index (χ1v) is 8.79. The fourth-order valence-corrected chi connectivity index (χ4v) is 3.51. The molecule has 3 aromatic rings. The van der Waals surface area contributed by atoms with Crippen LogP contribution < -0.4 is 5.73 Å². The first kappa shape index (κ1) is 17.2. The van der Waals surface area contributed by atoms with Gasteiger partial charge in [-0.1, -0.05) is 30.0 Å². The van der Waals surface area contributed by atoms with Crippen LogP contribution in [0.25, 0.3) is 10.9 Å². The van der Waals surface area contributed by atoms with E-state index in [0.717, 1.165) is 10.9 Å². The van der Waals surface area contributed by atoms with E-state index in [4.69, 9.17) is 5.73 Å². The van der Waals surface area contributed by atoms with Gasteiger partial charge in [-0.2, -0.15) is 0 Å². The molecule has 1 atom stereocenters. The Morgan fingerprint density at radius 1 is 1.32 bits per heavy atom. The maximum Gasteiger partial charge on any atom is 0.217 e. The highest BCUT2D eigenvalue weighted by Gasteiger charge is 2.22. The average molecular weight is 357 g/mol. The second kappa shape index (κ2) is 7.10. The Bertz CT molecular complexity index is 930. The molecular weight excluding hydrogens is 338 g/mol. The van der Waals surface area contributed by atoms with Gasteiger partial charge in [0, 0.05) is 42.6 Å². The molecule has 0 bridgehead atoms. The molecule has 1 amide bonds. The fraction of sp³-hybridized carbons (Fsp3) is 0.294. The average Bonchev–Trinajstić information content (AvgIpc) is 3.17. The van der Waals surface area contributed by atoms with Crippen LogP contribution in [0.2, 0.25) is 0 Å². The molecule has 0 saturated carbocycles. The highest BCUT2D eigenvalue weighted by Crippen LogP contribution is 2.27. The number of hydrogen-bond donors (Lipinski definition) is 2. The molecule has 0 aliphatic heterocycles. The van der Waals surface area contributed by atoms with Gasteiger partial charge < -0.3 is 15.3 Å². The number of hydrogen-bond acceptors (Lipinski definition) is 5. The molecule has 0 unspecified atom stereocenters. The lowest BCUT2D eigenvalue weighted by Crippen LogP contribution is -2.15. The van der Waals surface area contributed by atoms with Crippen molar-refractivity contribution in [3.05, 3.63) is 41.9 Å². The molecule has 3 N–H and O–H groups in total. The predicted molar refractivity (Wildman–Crippen MR) is 96.5 cm³/mol. The van der Waals surface area contributed by atoms with E-state index in [2.05, 4.69) is 15.2 Å². The number of aromatic amines is 1.